The first-order valence-electron chi connectivity index (χ1n) is 10.2. The molecule has 0 N–H and O–H groups in total. The first-order chi connectivity index (χ1) is 15.9. The lowest BCUT2D eigenvalue weighted by atomic mass is 9.97. The van der Waals surface area contributed by atoms with Gasteiger partial charge in [-0.25, -0.2) is 0 Å². The van der Waals surface area contributed by atoms with Gasteiger partial charge in [0.25, 0.3) is 0 Å². The smallest absolute Gasteiger partial charge is 0.321 e. The Kier molecular flexibility index (Phi) is 8.42. The van der Waals surface area contributed by atoms with Crippen LogP contribution in [-0.2, 0) is 11.2 Å². The van der Waals surface area contributed by atoms with Crippen LogP contribution < -0.4 is 9.57 Å². The fourth-order valence-corrected chi connectivity index (χ4v) is 2.88. The molecule has 0 heterocycles. The maximum absolute atomic E-state index is 12.7. The normalized spacial score (nSPS) is 12.2. The van der Waals surface area contributed by atoms with E-state index in [1.165, 1.54) is 14.1 Å². The van der Waals surface area contributed by atoms with E-state index in [1.54, 1.807) is 19.1 Å². The van der Waals surface area contributed by atoms with Crippen molar-refractivity contribution in [2.75, 3.05) is 14.1 Å². The van der Waals surface area contributed by atoms with Crippen molar-refractivity contribution in [2.45, 2.75) is 33.1 Å². The summed E-state index contributed by atoms with van der Waals surface area (Å²) in [4.78, 5) is 38.5. The zero-order valence-electron chi connectivity index (χ0n) is 19.3. The van der Waals surface area contributed by atoms with Crippen LogP contribution in [0.3, 0.4) is 0 Å². The lowest BCUT2D eigenvalue weighted by Gasteiger charge is -2.13. The number of ether oxygens (including phenoxy) is 1. The highest BCUT2D eigenvalue weighted by molar-refractivity contribution is 5.81. The Labute approximate surface area is 195 Å². The van der Waals surface area contributed by atoms with Gasteiger partial charge in [-0.15, -0.1) is 0 Å². The van der Waals surface area contributed by atoms with Gasteiger partial charge in [0, 0.05) is 6.07 Å². The minimum absolute atomic E-state index is 0.0121. The molecule has 0 aliphatic carbocycles. The molecule has 0 spiro atoms. The molecule has 2 aromatic rings. The van der Waals surface area contributed by atoms with Gasteiger partial charge in [-0.1, -0.05) is 38.1 Å². The van der Waals surface area contributed by atoms with E-state index in [0.717, 1.165) is 23.1 Å². The van der Waals surface area contributed by atoms with Crippen LogP contribution in [0.25, 0.3) is 0 Å². The maximum Gasteiger partial charge on any atom is 0.321 e. The quantitative estimate of drug-likeness (QED) is 0.123. The molecule has 34 heavy (non-hydrogen) atoms. The zero-order chi connectivity index (χ0) is 25.6. The van der Waals surface area contributed by atoms with Crippen molar-refractivity contribution in [3.63, 3.8) is 0 Å². The third kappa shape index (κ3) is 6.60. The number of esters is 1. The Hall–Kier alpha value is -4.29. The Morgan fingerprint density at radius 3 is 2.03 bits per heavy atom. The molecule has 13 heteroatoms. The molecule has 2 rings (SSSR count). The summed E-state index contributed by atoms with van der Waals surface area (Å²) in [5.41, 5.74) is 0.0668. The molecule has 13 nitrogen and oxygen atoms in total. The van der Waals surface area contributed by atoms with Crippen molar-refractivity contribution in [3.8, 4) is 11.5 Å². The number of hydrazine groups is 1. The summed E-state index contributed by atoms with van der Waals surface area (Å²) >= 11 is 0. The largest absolute Gasteiger partial charge is 0.569 e. The predicted octanol–water partition coefficient (Wildman–Crippen LogP) is 4.14. The highest BCUT2D eigenvalue weighted by atomic mass is 16.7. The van der Waals surface area contributed by atoms with Crippen LogP contribution in [0.5, 0.6) is 11.5 Å². The fraction of sp³-hybridized carbons (Fsp3) is 0.381. The van der Waals surface area contributed by atoms with Gasteiger partial charge >= 0.3 is 17.3 Å². The average Bonchev–Trinajstić information content (AvgIpc) is 2.76. The number of carbonyl (C=O) groups is 1. The molecule has 182 valence electrons. The van der Waals surface area contributed by atoms with Crippen molar-refractivity contribution in [2.24, 2.45) is 11.2 Å². The van der Waals surface area contributed by atoms with E-state index in [4.69, 9.17) is 9.57 Å². The lowest BCUT2D eigenvalue weighted by Crippen LogP contribution is -2.21. The maximum atomic E-state index is 12.7. The monoisotopic (exact) mass is 475 g/mol. The van der Waals surface area contributed by atoms with E-state index in [-0.39, 0.29) is 4.97 Å². The first kappa shape index (κ1) is 26.0. The summed E-state index contributed by atoms with van der Waals surface area (Å²) in [5, 5.41) is 38.5. The second-order valence-corrected chi connectivity index (χ2v) is 8.06. The second kappa shape index (κ2) is 11.0. The third-order valence-electron chi connectivity index (χ3n) is 4.67. The van der Waals surface area contributed by atoms with Gasteiger partial charge in [0.2, 0.25) is 16.8 Å². The minimum atomic E-state index is -0.949. The number of hydrogen-bond donors (Lipinski definition) is 0. The predicted molar refractivity (Wildman–Crippen MR) is 119 cm³/mol. The molecular weight excluding hydrogens is 450 g/mol. The number of nitrogens with zero attached hydrogens (tertiary/aromatic N) is 5. The van der Waals surface area contributed by atoms with Crippen molar-refractivity contribution < 1.29 is 29.2 Å². The highest BCUT2D eigenvalue weighted by Crippen LogP contribution is 2.40. The number of nitro benzene ring substituents is 2. The Bertz CT molecular complexity index is 1100. The Morgan fingerprint density at radius 1 is 0.971 bits per heavy atom. The molecule has 2 aromatic carbocycles. The summed E-state index contributed by atoms with van der Waals surface area (Å²) in [6.45, 7) is 5.74. The summed E-state index contributed by atoms with van der Waals surface area (Å²) in [7, 11) is 2.68. The summed E-state index contributed by atoms with van der Waals surface area (Å²) in [6, 6.07) is 8.67. The Balaban J connectivity index is 2.37. The number of rotatable bonds is 10. The van der Waals surface area contributed by atoms with Gasteiger partial charge < -0.3 is 9.94 Å². The number of hydrogen-bond acceptors (Lipinski definition) is 9. The zero-order valence-corrected chi connectivity index (χ0v) is 19.3. The Morgan fingerprint density at radius 2 is 1.53 bits per heavy atom. The van der Waals surface area contributed by atoms with E-state index >= 15 is 0 Å². The van der Waals surface area contributed by atoms with Crippen LogP contribution in [0.4, 0.5) is 11.4 Å². The molecule has 0 radical (unpaired) electrons. The molecule has 0 bridgehead atoms. The number of benzene rings is 2. The summed E-state index contributed by atoms with van der Waals surface area (Å²) < 4.78 is 5.22. The minimum Gasteiger partial charge on any atom is -0.569 e. The second-order valence-electron chi connectivity index (χ2n) is 8.06. The molecule has 0 aliphatic rings. The highest BCUT2D eigenvalue weighted by Gasteiger charge is 2.30. The van der Waals surface area contributed by atoms with E-state index in [1.807, 2.05) is 12.1 Å². The van der Waals surface area contributed by atoms with Crippen LogP contribution in [0.2, 0.25) is 0 Å². The van der Waals surface area contributed by atoms with Crippen molar-refractivity contribution in [3.05, 3.63) is 73.0 Å². The van der Waals surface area contributed by atoms with Crippen LogP contribution in [0, 0.1) is 31.4 Å². The molecule has 0 aliphatic heterocycles. The molecule has 0 fully saturated rings. The summed E-state index contributed by atoms with van der Waals surface area (Å²) in [5.74, 6) is -2.35. The molecule has 1 atom stereocenters. The number of nitro groups is 2. The molecule has 0 saturated carbocycles. The lowest BCUT2D eigenvalue weighted by molar-refractivity contribution is -0.695. The van der Waals surface area contributed by atoms with Crippen molar-refractivity contribution in [1.82, 2.24) is 5.01 Å². The standard InChI is InChI=1S/C21H25N5O8/c1-13(2)10-15-6-8-16(9-7-15)14(3)21(27)33-19-12-20(34-22-26(32)23(4)5)18(25(30)31)11-17(19)24(28)29/h6-9,11-14H,10H2,1-5H3/b26-22-. The topological polar surface area (TPSA) is 163 Å². The van der Waals surface area contributed by atoms with E-state index < -0.39 is 44.6 Å². The number of carbonyl (C=O) groups excluding carboxylic acids is 1. The van der Waals surface area contributed by atoms with Crippen molar-refractivity contribution in [1.29, 1.82) is 0 Å². The molecule has 1 unspecified atom stereocenters. The average molecular weight is 475 g/mol. The van der Waals surface area contributed by atoms with Gasteiger partial charge in [-0.05, 0) is 30.4 Å². The van der Waals surface area contributed by atoms with E-state index in [2.05, 4.69) is 19.1 Å². The third-order valence-corrected chi connectivity index (χ3v) is 4.67. The first-order valence-corrected chi connectivity index (χ1v) is 10.2. The van der Waals surface area contributed by atoms with Crippen LogP contribution in [0.1, 0.15) is 37.8 Å². The van der Waals surface area contributed by atoms with Gasteiger partial charge in [0.1, 0.15) is 6.07 Å². The van der Waals surface area contributed by atoms with Crippen molar-refractivity contribution >= 4 is 17.3 Å². The SMILES string of the molecule is CC(C)Cc1ccc(C(C)C(=O)Oc2cc(O/N=[N+](\[O-])N(C)C)c([N+](=O)[O-])cc2[N+](=O)[O-])cc1. The van der Waals surface area contributed by atoms with E-state index in [9.17, 15) is 30.2 Å². The van der Waals surface area contributed by atoms with Gasteiger partial charge in [0.05, 0.1) is 34.8 Å². The molecular formula is C21H25N5O8. The van der Waals surface area contributed by atoms with Gasteiger partial charge in [-0.3, -0.25) is 29.9 Å². The molecule has 0 saturated heterocycles. The molecule has 0 aromatic heterocycles. The van der Waals surface area contributed by atoms with Gasteiger partial charge in [-0.2, -0.15) is 5.01 Å². The fourth-order valence-electron chi connectivity index (χ4n) is 2.88. The van der Waals surface area contributed by atoms with Crippen LogP contribution >= 0.6 is 0 Å². The van der Waals surface area contributed by atoms with E-state index in [0.29, 0.717) is 17.5 Å². The molecule has 0 amide bonds. The van der Waals surface area contributed by atoms with Crippen LogP contribution in [0.15, 0.2) is 41.7 Å². The van der Waals surface area contributed by atoms with Crippen LogP contribution in [-0.4, -0.2) is 39.9 Å². The van der Waals surface area contributed by atoms with Gasteiger partial charge in [0.15, 0.2) is 0 Å². The summed E-state index contributed by atoms with van der Waals surface area (Å²) in [6.07, 6.45) is 0.872.